The van der Waals surface area contributed by atoms with Crippen LogP contribution < -0.4 is 14.8 Å². The van der Waals surface area contributed by atoms with E-state index in [1.165, 1.54) is 30.8 Å². The second-order valence-corrected chi connectivity index (χ2v) is 9.44. The zero-order valence-electron chi connectivity index (χ0n) is 20.5. The van der Waals surface area contributed by atoms with Gasteiger partial charge in [0.25, 0.3) is 5.91 Å². The molecule has 0 bridgehead atoms. The summed E-state index contributed by atoms with van der Waals surface area (Å²) in [5, 5.41) is 11.7. The molecular formula is C24H21ClN8O3S. The third-order valence-corrected chi connectivity index (χ3v) is 6.86. The van der Waals surface area contributed by atoms with Crippen molar-refractivity contribution in [1.82, 2.24) is 34.9 Å². The highest BCUT2D eigenvalue weighted by Gasteiger charge is 2.23. The molecule has 37 heavy (non-hydrogen) atoms. The summed E-state index contributed by atoms with van der Waals surface area (Å²) in [6.45, 7) is 3.69. The number of amides is 1. The standard InChI is InChI=1S/C24H21ClN8O3S/c1-11-6-13(14-7-18(25)27-10-17(14)35-4)15(8-26-11)23(34)30-24-29-16-9-28-19(21(36-5)22(16)37-24)20-12(2)31-32-33(20)3/h6-10H,1-5H3,(H,29,30,34). The molecule has 0 saturated carbocycles. The third-order valence-electron chi connectivity index (χ3n) is 5.66. The lowest BCUT2D eigenvalue weighted by atomic mass is 10.0. The van der Waals surface area contributed by atoms with Crippen LogP contribution in [0.15, 0.2) is 30.7 Å². The van der Waals surface area contributed by atoms with Crippen LogP contribution in [0.3, 0.4) is 0 Å². The molecule has 5 aromatic heterocycles. The molecule has 5 aromatic rings. The Hall–Kier alpha value is -4.16. The number of aromatic nitrogens is 7. The van der Waals surface area contributed by atoms with E-state index in [2.05, 4.69) is 35.6 Å². The number of anilines is 1. The minimum atomic E-state index is -0.393. The van der Waals surface area contributed by atoms with Crippen LogP contribution >= 0.6 is 22.9 Å². The Morgan fingerprint density at radius 3 is 2.57 bits per heavy atom. The first-order valence-corrected chi connectivity index (χ1v) is 12.2. The van der Waals surface area contributed by atoms with Crippen molar-refractivity contribution in [1.29, 1.82) is 0 Å². The van der Waals surface area contributed by atoms with Gasteiger partial charge in [-0.1, -0.05) is 28.2 Å². The molecular weight excluding hydrogens is 516 g/mol. The van der Waals surface area contributed by atoms with Gasteiger partial charge in [0.15, 0.2) is 10.9 Å². The van der Waals surface area contributed by atoms with Crippen molar-refractivity contribution in [3.8, 4) is 34.0 Å². The van der Waals surface area contributed by atoms with Crippen LogP contribution in [-0.2, 0) is 7.05 Å². The van der Waals surface area contributed by atoms with E-state index in [-0.39, 0.29) is 5.15 Å². The quantitative estimate of drug-likeness (QED) is 0.312. The van der Waals surface area contributed by atoms with Crippen molar-refractivity contribution in [2.24, 2.45) is 7.05 Å². The number of carbonyl (C=O) groups excluding carboxylic acids is 1. The topological polar surface area (TPSA) is 130 Å². The summed E-state index contributed by atoms with van der Waals surface area (Å²) in [5.74, 6) is 0.612. The van der Waals surface area contributed by atoms with Crippen LogP contribution in [0.1, 0.15) is 21.7 Å². The van der Waals surface area contributed by atoms with Crippen LogP contribution in [-0.4, -0.2) is 55.1 Å². The van der Waals surface area contributed by atoms with Gasteiger partial charge in [0.1, 0.15) is 32.5 Å². The lowest BCUT2D eigenvalue weighted by molar-refractivity contribution is 0.102. The van der Waals surface area contributed by atoms with Gasteiger partial charge in [0, 0.05) is 30.1 Å². The van der Waals surface area contributed by atoms with E-state index in [9.17, 15) is 4.79 Å². The van der Waals surface area contributed by atoms with E-state index < -0.39 is 5.91 Å². The number of pyridine rings is 3. The SMILES string of the molecule is COc1cnc(Cl)cc1-c1cc(C)ncc1C(=O)Nc1nc2cnc(-c3c(C)nnn3C)c(OC)c2s1. The third kappa shape index (κ3) is 4.45. The van der Waals surface area contributed by atoms with E-state index in [1.54, 1.807) is 37.2 Å². The molecule has 0 saturated heterocycles. The molecule has 188 valence electrons. The predicted molar refractivity (Wildman–Crippen MR) is 140 cm³/mol. The summed E-state index contributed by atoms with van der Waals surface area (Å²) < 4.78 is 13.5. The highest BCUT2D eigenvalue weighted by molar-refractivity contribution is 7.22. The average Bonchev–Trinajstić information content (AvgIpc) is 3.44. The first-order valence-electron chi connectivity index (χ1n) is 11.0. The van der Waals surface area contributed by atoms with E-state index in [0.29, 0.717) is 44.5 Å². The molecule has 0 unspecified atom stereocenters. The first kappa shape index (κ1) is 24.5. The summed E-state index contributed by atoms with van der Waals surface area (Å²) >= 11 is 7.43. The number of halogens is 1. The van der Waals surface area contributed by atoms with Gasteiger partial charge in [-0.05, 0) is 26.0 Å². The molecule has 0 atom stereocenters. The number of nitrogens with one attached hydrogen (secondary N) is 1. The number of methoxy groups -OCH3 is 2. The van der Waals surface area contributed by atoms with Gasteiger partial charge in [-0.2, -0.15) is 0 Å². The van der Waals surface area contributed by atoms with Crippen LogP contribution in [0, 0.1) is 13.8 Å². The fourth-order valence-electron chi connectivity index (χ4n) is 3.99. The van der Waals surface area contributed by atoms with Crippen molar-refractivity contribution in [2.45, 2.75) is 13.8 Å². The Morgan fingerprint density at radius 1 is 1.05 bits per heavy atom. The number of fused-ring (bicyclic) bond motifs is 1. The summed E-state index contributed by atoms with van der Waals surface area (Å²) in [6, 6.07) is 3.45. The van der Waals surface area contributed by atoms with Crippen LogP contribution in [0.4, 0.5) is 5.13 Å². The van der Waals surface area contributed by atoms with Gasteiger partial charge in [-0.3, -0.25) is 15.1 Å². The smallest absolute Gasteiger partial charge is 0.259 e. The van der Waals surface area contributed by atoms with Crippen molar-refractivity contribution in [3.05, 3.63) is 52.8 Å². The second-order valence-electron chi connectivity index (χ2n) is 8.05. The van der Waals surface area contributed by atoms with Crippen LogP contribution in [0.5, 0.6) is 11.5 Å². The number of thiazole rings is 1. The summed E-state index contributed by atoms with van der Waals surface area (Å²) in [5.41, 5.74) is 4.91. The molecule has 0 aromatic carbocycles. The monoisotopic (exact) mass is 536 g/mol. The number of rotatable bonds is 6. The van der Waals surface area contributed by atoms with E-state index >= 15 is 0 Å². The van der Waals surface area contributed by atoms with Gasteiger partial charge >= 0.3 is 0 Å². The summed E-state index contributed by atoms with van der Waals surface area (Å²) in [4.78, 5) is 30.9. The molecule has 0 fully saturated rings. The van der Waals surface area contributed by atoms with Gasteiger partial charge in [-0.15, -0.1) is 5.10 Å². The fourth-order valence-corrected chi connectivity index (χ4v) is 5.10. The number of ether oxygens (including phenoxy) is 2. The lowest BCUT2D eigenvalue weighted by Crippen LogP contribution is -2.14. The molecule has 0 radical (unpaired) electrons. The molecule has 0 spiro atoms. The number of aryl methyl sites for hydroxylation is 3. The zero-order chi connectivity index (χ0) is 26.3. The molecule has 5 heterocycles. The van der Waals surface area contributed by atoms with E-state index in [0.717, 1.165) is 21.8 Å². The second kappa shape index (κ2) is 9.71. The van der Waals surface area contributed by atoms with Gasteiger partial charge in [0.2, 0.25) is 0 Å². The van der Waals surface area contributed by atoms with Gasteiger partial charge in [-0.25, -0.2) is 19.6 Å². The minimum Gasteiger partial charge on any atom is -0.494 e. The van der Waals surface area contributed by atoms with Crippen LogP contribution in [0.2, 0.25) is 5.15 Å². The van der Waals surface area contributed by atoms with E-state index in [4.69, 9.17) is 21.1 Å². The Labute approximate surface area is 220 Å². The average molecular weight is 537 g/mol. The number of nitrogens with zero attached hydrogens (tertiary/aromatic N) is 7. The summed E-state index contributed by atoms with van der Waals surface area (Å²) in [6.07, 6.45) is 4.66. The van der Waals surface area contributed by atoms with E-state index in [1.807, 2.05) is 13.8 Å². The van der Waals surface area contributed by atoms with Gasteiger partial charge in [0.05, 0.1) is 37.9 Å². The number of hydrogen-bond donors (Lipinski definition) is 1. The number of carbonyl (C=O) groups is 1. The lowest BCUT2D eigenvalue weighted by Gasteiger charge is -2.13. The van der Waals surface area contributed by atoms with Crippen molar-refractivity contribution < 1.29 is 14.3 Å². The highest BCUT2D eigenvalue weighted by Crippen LogP contribution is 2.40. The Kier molecular flexibility index (Phi) is 6.44. The fraction of sp³-hybridized carbons (Fsp3) is 0.208. The Morgan fingerprint density at radius 2 is 1.86 bits per heavy atom. The van der Waals surface area contributed by atoms with Crippen molar-refractivity contribution in [3.63, 3.8) is 0 Å². The predicted octanol–water partition coefficient (Wildman–Crippen LogP) is 4.48. The Balaban J connectivity index is 1.55. The molecule has 5 rings (SSSR count). The minimum absolute atomic E-state index is 0.275. The van der Waals surface area contributed by atoms with Crippen molar-refractivity contribution in [2.75, 3.05) is 19.5 Å². The molecule has 13 heteroatoms. The Bertz CT molecular complexity index is 1650. The maximum Gasteiger partial charge on any atom is 0.259 e. The molecule has 1 amide bonds. The van der Waals surface area contributed by atoms with Crippen molar-refractivity contribution >= 4 is 44.2 Å². The van der Waals surface area contributed by atoms with Crippen LogP contribution in [0.25, 0.3) is 32.7 Å². The highest BCUT2D eigenvalue weighted by atomic mass is 35.5. The zero-order valence-corrected chi connectivity index (χ0v) is 22.1. The maximum atomic E-state index is 13.4. The largest absolute Gasteiger partial charge is 0.494 e. The number of hydrogen-bond acceptors (Lipinski definition) is 10. The summed E-state index contributed by atoms with van der Waals surface area (Å²) in [7, 11) is 4.88. The molecule has 0 aliphatic rings. The normalized spacial score (nSPS) is 11.1. The first-order chi connectivity index (χ1) is 17.8. The maximum absolute atomic E-state index is 13.4. The molecule has 11 nitrogen and oxygen atoms in total. The molecule has 1 N–H and O–H groups in total. The van der Waals surface area contributed by atoms with Gasteiger partial charge < -0.3 is 9.47 Å². The molecule has 0 aliphatic carbocycles. The molecule has 0 aliphatic heterocycles.